The summed E-state index contributed by atoms with van der Waals surface area (Å²) in [5.74, 6) is 0. The zero-order chi connectivity index (χ0) is 12.1. The predicted octanol–water partition coefficient (Wildman–Crippen LogP) is 5.19. The average molecular weight is 308 g/mol. The zero-order valence-electron chi connectivity index (χ0n) is 9.24. The molecule has 0 aliphatic rings. The number of hydrogen-bond donors (Lipinski definition) is 0. The van der Waals surface area contributed by atoms with Gasteiger partial charge in [0.25, 0.3) is 0 Å². The van der Waals surface area contributed by atoms with Crippen LogP contribution in [-0.2, 0) is 0 Å². The van der Waals surface area contributed by atoms with Crippen molar-refractivity contribution in [2.24, 2.45) is 0 Å². The van der Waals surface area contributed by atoms with Crippen LogP contribution in [0.2, 0.25) is 0 Å². The molecule has 2 aromatic rings. The Bertz CT molecular complexity index is 503. The van der Waals surface area contributed by atoms with Gasteiger partial charge in [0.05, 0.1) is 5.03 Å². The summed E-state index contributed by atoms with van der Waals surface area (Å²) in [6.07, 6.45) is 0. The first-order valence-electron chi connectivity index (χ1n) is 5.38. The van der Waals surface area contributed by atoms with Crippen molar-refractivity contribution in [1.29, 1.82) is 0 Å². The standard InChI is InChI=1S/C15H12BrCl/c16-11-14(12-7-3-1-4-8-12)15(17)13-9-5-2-6-10-13/h1-10H,11H2/b15-14+. The molecule has 0 saturated carbocycles. The molecule has 0 bridgehead atoms. The van der Waals surface area contributed by atoms with Gasteiger partial charge in [-0.1, -0.05) is 88.2 Å². The highest BCUT2D eigenvalue weighted by Crippen LogP contribution is 2.30. The van der Waals surface area contributed by atoms with Crippen LogP contribution in [0, 0.1) is 0 Å². The lowest BCUT2D eigenvalue weighted by Crippen LogP contribution is -1.89. The van der Waals surface area contributed by atoms with E-state index in [0.717, 1.165) is 27.1 Å². The molecule has 2 aromatic carbocycles. The van der Waals surface area contributed by atoms with Crippen LogP contribution in [0.15, 0.2) is 60.7 Å². The van der Waals surface area contributed by atoms with E-state index in [1.54, 1.807) is 0 Å². The van der Waals surface area contributed by atoms with Gasteiger partial charge in [-0.2, -0.15) is 0 Å². The third-order valence-corrected chi connectivity index (χ3v) is 3.56. The van der Waals surface area contributed by atoms with E-state index >= 15 is 0 Å². The van der Waals surface area contributed by atoms with Gasteiger partial charge >= 0.3 is 0 Å². The summed E-state index contributed by atoms with van der Waals surface area (Å²) in [6, 6.07) is 20.2. The SMILES string of the molecule is Cl/C(=C(\CBr)c1ccccc1)c1ccccc1. The molecule has 17 heavy (non-hydrogen) atoms. The fraction of sp³-hybridized carbons (Fsp3) is 0.0667. The van der Waals surface area contributed by atoms with Crippen LogP contribution in [0.5, 0.6) is 0 Å². The molecule has 0 nitrogen and oxygen atoms in total. The lowest BCUT2D eigenvalue weighted by atomic mass is 10.0. The van der Waals surface area contributed by atoms with Gasteiger partial charge in [-0.25, -0.2) is 0 Å². The van der Waals surface area contributed by atoms with E-state index < -0.39 is 0 Å². The zero-order valence-corrected chi connectivity index (χ0v) is 11.6. The van der Waals surface area contributed by atoms with Gasteiger partial charge in [0.15, 0.2) is 0 Å². The first kappa shape index (κ1) is 12.4. The van der Waals surface area contributed by atoms with Gasteiger partial charge in [0.2, 0.25) is 0 Å². The molecule has 0 atom stereocenters. The van der Waals surface area contributed by atoms with E-state index in [0.29, 0.717) is 0 Å². The Morgan fingerprint density at radius 2 is 1.29 bits per heavy atom. The van der Waals surface area contributed by atoms with E-state index in [1.165, 1.54) is 0 Å². The second-order valence-corrected chi connectivity index (χ2v) is 4.60. The number of hydrogen-bond acceptors (Lipinski definition) is 0. The molecule has 2 rings (SSSR count). The summed E-state index contributed by atoms with van der Waals surface area (Å²) in [5, 5.41) is 1.54. The number of benzene rings is 2. The van der Waals surface area contributed by atoms with Crippen LogP contribution in [0.4, 0.5) is 0 Å². The summed E-state index contributed by atoms with van der Waals surface area (Å²) in [7, 11) is 0. The second kappa shape index (κ2) is 6.04. The maximum absolute atomic E-state index is 6.46. The van der Waals surface area contributed by atoms with Crippen molar-refractivity contribution >= 4 is 38.1 Å². The van der Waals surface area contributed by atoms with E-state index in [-0.39, 0.29) is 0 Å². The van der Waals surface area contributed by atoms with E-state index in [4.69, 9.17) is 11.6 Å². The summed E-state index contributed by atoms with van der Waals surface area (Å²) in [4.78, 5) is 0. The van der Waals surface area contributed by atoms with Crippen molar-refractivity contribution in [2.75, 3.05) is 5.33 Å². The number of alkyl halides is 1. The summed E-state index contributed by atoms with van der Waals surface area (Å²) < 4.78 is 0. The minimum absolute atomic E-state index is 0.741. The summed E-state index contributed by atoms with van der Waals surface area (Å²) in [5.41, 5.74) is 3.31. The van der Waals surface area contributed by atoms with Crippen LogP contribution in [-0.4, -0.2) is 5.33 Å². The van der Waals surface area contributed by atoms with E-state index in [2.05, 4.69) is 28.1 Å². The maximum atomic E-state index is 6.46. The lowest BCUT2D eigenvalue weighted by molar-refractivity contribution is 1.58. The molecule has 0 aliphatic carbocycles. The van der Waals surface area contributed by atoms with Crippen LogP contribution in [0.1, 0.15) is 11.1 Å². The fourth-order valence-corrected chi connectivity index (χ4v) is 2.73. The Hall–Kier alpha value is -1.05. The molecule has 0 unspecified atom stereocenters. The van der Waals surface area contributed by atoms with Gasteiger partial charge in [-0.3, -0.25) is 0 Å². The fourth-order valence-electron chi connectivity index (χ4n) is 1.66. The number of halogens is 2. The highest BCUT2D eigenvalue weighted by molar-refractivity contribution is 9.09. The Labute approximate surface area is 115 Å². The molecular formula is C15H12BrCl. The number of allylic oxidation sites excluding steroid dienone is 1. The topological polar surface area (TPSA) is 0 Å². The summed E-state index contributed by atoms with van der Waals surface area (Å²) >= 11 is 9.96. The summed E-state index contributed by atoms with van der Waals surface area (Å²) in [6.45, 7) is 0. The predicted molar refractivity (Wildman–Crippen MR) is 79.3 cm³/mol. The minimum atomic E-state index is 0.741. The Morgan fingerprint density at radius 3 is 1.76 bits per heavy atom. The Kier molecular flexibility index (Phi) is 4.41. The van der Waals surface area contributed by atoms with Gasteiger partial charge in [-0.05, 0) is 16.7 Å². The van der Waals surface area contributed by atoms with Gasteiger partial charge in [0, 0.05) is 5.33 Å². The third kappa shape index (κ3) is 2.99. The van der Waals surface area contributed by atoms with Crippen molar-refractivity contribution in [3.05, 3.63) is 71.8 Å². The van der Waals surface area contributed by atoms with Crippen molar-refractivity contribution in [3.63, 3.8) is 0 Å². The molecule has 0 saturated heterocycles. The Morgan fingerprint density at radius 1 is 0.824 bits per heavy atom. The number of rotatable bonds is 3. The van der Waals surface area contributed by atoms with E-state index in [1.807, 2.05) is 48.5 Å². The molecule has 86 valence electrons. The van der Waals surface area contributed by atoms with Crippen molar-refractivity contribution in [1.82, 2.24) is 0 Å². The first-order valence-corrected chi connectivity index (χ1v) is 6.88. The third-order valence-electron chi connectivity index (χ3n) is 2.55. The smallest absolute Gasteiger partial charge is 0.0524 e. The molecule has 0 heterocycles. The second-order valence-electron chi connectivity index (χ2n) is 3.66. The maximum Gasteiger partial charge on any atom is 0.0524 e. The average Bonchev–Trinajstić information content (AvgIpc) is 2.42. The molecule has 0 N–H and O–H groups in total. The molecule has 0 spiro atoms. The highest BCUT2D eigenvalue weighted by Gasteiger charge is 2.07. The highest BCUT2D eigenvalue weighted by atomic mass is 79.9. The normalized spacial score (nSPS) is 12.1. The van der Waals surface area contributed by atoms with Gasteiger partial charge < -0.3 is 0 Å². The molecule has 2 heteroatoms. The first-order chi connectivity index (χ1) is 8.33. The van der Waals surface area contributed by atoms with Crippen LogP contribution in [0.3, 0.4) is 0 Å². The molecule has 0 aromatic heterocycles. The van der Waals surface area contributed by atoms with Gasteiger partial charge in [-0.15, -0.1) is 0 Å². The molecule has 0 fully saturated rings. The monoisotopic (exact) mass is 306 g/mol. The van der Waals surface area contributed by atoms with Crippen LogP contribution in [0.25, 0.3) is 10.6 Å². The van der Waals surface area contributed by atoms with E-state index in [9.17, 15) is 0 Å². The quantitative estimate of drug-likeness (QED) is 0.541. The molecule has 0 aliphatic heterocycles. The van der Waals surface area contributed by atoms with Crippen molar-refractivity contribution in [3.8, 4) is 0 Å². The largest absolute Gasteiger partial charge is 0.0875 e. The van der Waals surface area contributed by atoms with Crippen molar-refractivity contribution < 1.29 is 0 Å². The molecule has 0 amide bonds. The minimum Gasteiger partial charge on any atom is -0.0875 e. The van der Waals surface area contributed by atoms with Crippen LogP contribution < -0.4 is 0 Å². The van der Waals surface area contributed by atoms with Crippen LogP contribution >= 0.6 is 27.5 Å². The molecule has 0 radical (unpaired) electrons. The Balaban J connectivity index is 2.48. The lowest BCUT2D eigenvalue weighted by Gasteiger charge is -2.08. The van der Waals surface area contributed by atoms with Crippen molar-refractivity contribution in [2.45, 2.75) is 0 Å². The van der Waals surface area contributed by atoms with Gasteiger partial charge in [0.1, 0.15) is 0 Å². The molecular weight excluding hydrogens is 296 g/mol.